The minimum Gasteiger partial charge on any atom is -0.308 e. The molecule has 0 aliphatic heterocycles. The molecule has 0 aliphatic rings. The maximum absolute atomic E-state index is 6.27. The first-order chi connectivity index (χ1) is 9.08. The summed E-state index contributed by atoms with van der Waals surface area (Å²) in [6, 6.07) is 1.76. The lowest BCUT2D eigenvalue weighted by atomic mass is 10.1. The van der Waals surface area contributed by atoms with Crippen LogP contribution in [0.25, 0.3) is 0 Å². The standard InChI is InChI=1S/C12H14Cl3N3S/c1-3-4-18-11(8(13)6-17-18)10(16-2)7-5-9(14)19-12(7)15/h5-6,10,16H,3-4H2,1-2H3. The van der Waals surface area contributed by atoms with Crippen LogP contribution in [0.3, 0.4) is 0 Å². The Hall–Kier alpha value is -0.260. The van der Waals surface area contributed by atoms with Crippen molar-refractivity contribution in [3.63, 3.8) is 0 Å². The van der Waals surface area contributed by atoms with Crippen LogP contribution in [0.2, 0.25) is 13.7 Å². The molecule has 0 saturated heterocycles. The Bertz CT molecular complexity index is 565. The lowest BCUT2D eigenvalue weighted by molar-refractivity contribution is 0.535. The van der Waals surface area contributed by atoms with Crippen LogP contribution in [0, 0.1) is 0 Å². The minimum absolute atomic E-state index is 0.113. The molecule has 0 bridgehead atoms. The summed E-state index contributed by atoms with van der Waals surface area (Å²) in [6.07, 6.45) is 2.65. The number of aromatic nitrogens is 2. The third kappa shape index (κ3) is 3.09. The summed E-state index contributed by atoms with van der Waals surface area (Å²) in [5.74, 6) is 0. The van der Waals surface area contributed by atoms with Crippen molar-refractivity contribution in [2.24, 2.45) is 0 Å². The Morgan fingerprint density at radius 1 is 1.42 bits per heavy atom. The molecular weight excluding hydrogens is 325 g/mol. The first kappa shape index (κ1) is 15.1. The molecule has 0 aromatic carbocycles. The fraction of sp³-hybridized carbons (Fsp3) is 0.417. The fourth-order valence-corrected chi connectivity index (χ4v) is 3.82. The van der Waals surface area contributed by atoms with E-state index in [9.17, 15) is 0 Å². The predicted molar refractivity (Wildman–Crippen MR) is 82.8 cm³/mol. The van der Waals surface area contributed by atoms with Gasteiger partial charge in [0.15, 0.2) is 0 Å². The topological polar surface area (TPSA) is 29.9 Å². The maximum Gasteiger partial charge on any atom is 0.0996 e. The number of halogens is 3. The zero-order chi connectivity index (χ0) is 14.0. The molecule has 2 aromatic rings. The summed E-state index contributed by atoms with van der Waals surface area (Å²) in [4.78, 5) is 0. The van der Waals surface area contributed by atoms with Gasteiger partial charge in [-0.25, -0.2) is 0 Å². The molecule has 7 heteroatoms. The van der Waals surface area contributed by atoms with E-state index >= 15 is 0 Å². The van der Waals surface area contributed by atoms with Crippen molar-refractivity contribution in [3.8, 4) is 0 Å². The molecule has 1 N–H and O–H groups in total. The third-order valence-corrected chi connectivity index (χ3v) is 4.63. The molecule has 1 atom stereocenters. The molecule has 0 radical (unpaired) electrons. The number of hydrogen-bond donors (Lipinski definition) is 1. The molecule has 0 saturated carbocycles. The molecule has 2 rings (SSSR count). The summed E-state index contributed by atoms with van der Waals surface area (Å²) in [6.45, 7) is 2.91. The zero-order valence-electron chi connectivity index (χ0n) is 10.6. The van der Waals surface area contributed by atoms with Crippen LogP contribution in [0.1, 0.15) is 30.6 Å². The van der Waals surface area contributed by atoms with Gasteiger partial charge < -0.3 is 5.32 Å². The average Bonchev–Trinajstić information content (AvgIpc) is 2.87. The van der Waals surface area contributed by atoms with Crippen molar-refractivity contribution in [1.82, 2.24) is 15.1 Å². The fourth-order valence-electron chi connectivity index (χ4n) is 2.04. The zero-order valence-corrected chi connectivity index (χ0v) is 13.7. The molecule has 2 heterocycles. The molecule has 2 aromatic heterocycles. The minimum atomic E-state index is -0.113. The largest absolute Gasteiger partial charge is 0.308 e. The quantitative estimate of drug-likeness (QED) is 0.862. The molecule has 0 aliphatic carbocycles. The Balaban J connectivity index is 2.47. The van der Waals surface area contributed by atoms with E-state index in [0.29, 0.717) is 13.7 Å². The SMILES string of the molecule is CCCn1ncc(Cl)c1C(NC)c1cc(Cl)sc1Cl. The van der Waals surface area contributed by atoms with Gasteiger partial charge >= 0.3 is 0 Å². The molecule has 0 amide bonds. The van der Waals surface area contributed by atoms with Gasteiger partial charge in [-0.05, 0) is 19.5 Å². The van der Waals surface area contributed by atoms with Gasteiger partial charge in [-0.1, -0.05) is 41.7 Å². The Morgan fingerprint density at radius 3 is 2.68 bits per heavy atom. The van der Waals surface area contributed by atoms with Crippen molar-refractivity contribution < 1.29 is 0 Å². The van der Waals surface area contributed by atoms with E-state index < -0.39 is 0 Å². The summed E-state index contributed by atoms with van der Waals surface area (Å²) in [7, 11) is 1.87. The second-order valence-electron chi connectivity index (χ2n) is 4.10. The van der Waals surface area contributed by atoms with Gasteiger partial charge in [0.2, 0.25) is 0 Å². The number of nitrogens with one attached hydrogen (secondary N) is 1. The summed E-state index contributed by atoms with van der Waals surface area (Å²) < 4.78 is 3.24. The van der Waals surface area contributed by atoms with Gasteiger partial charge in [-0.2, -0.15) is 5.10 Å². The summed E-state index contributed by atoms with van der Waals surface area (Å²) >= 11 is 19.9. The number of nitrogens with zero attached hydrogens (tertiary/aromatic N) is 2. The van der Waals surface area contributed by atoms with E-state index in [2.05, 4.69) is 17.3 Å². The monoisotopic (exact) mass is 337 g/mol. The molecule has 0 fully saturated rings. The number of thiophene rings is 1. The van der Waals surface area contributed by atoms with Crippen LogP contribution >= 0.6 is 46.1 Å². The molecular formula is C12H14Cl3N3S. The highest BCUT2D eigenvalue weighted by Crippen LogP contribution is 2.39. The second-order valence-corrected chi connectivity index (χ2v) is 6.79. The van der Waals surface area contributed by atoms with Crippen molar-refractivity contribution >= 4 is 46.1 Å². The first-order valence-electron chi connectivity index (χ1n) is 5.91. The maximum atomic E-state index is 6.27. The average molecular weight is 339 g/mol. The van der Waals surface area contributed by atoms with Crippen LogP contribution in [-0.2, 0) is 6.54 Å². The van der Waals surface area contributed by atoms with Crippen molar-refractivity contribution in [1.29, 1.82) is 0 Å². The molecule has 0 spiro atoms. The van der Waals surface area contributed by atoms with Crippen molar-refractivity contribution in [2.75, 3.05) is 7.05 Å². The number of aryl methyl sites for hydroxylation is 1. The molecule has 1 unspecified atom stereocenters. The van der Waals surface area contributed by atoms with Crippen LogP contribution in [-0.4, -0.2) is 16.8 Å². The van der Waals surface area contributed by atoms with Crippen LogP contribution in [0.15, 0.2) is 12.3 Å². The van der Waals surface area contributed by atoms with Gasteiger partial charge in [0.05, 0.1) is 31.6 Å². The van der Waals surface area contributed by atoms with E-state index in [0.717, 1.165) is 24.2 Å². The normalized spacial score (nSPS) is 12.9. The lowest BCUT2D eigenvalue weighted by Gasteiger charge is -2.18. The Kier molecular flexibility index (Phi) is 5.15. The van der Waals surface area contributed by atoms with Gasteiger partial charge in [-0.3, -0.25) is 4.68 Å². The smallest absolute Gasteiger partial charge is 0.0996 e. The lowest BCUT2D eigenvalue weighted by Crippen LogP contribution is -2.22. The van der Waals surface area contributed by atoms with Gasteiger partial charge in [0.25, 0.3) is 0 Å². The van der Waals surface area contributed by atoms with Crippen LogP contribution < -0.4 is 5.32 Å². The van der Waals surface area contributed by atoms with E-state index in [1.807, 2.05) is 17.8 Å². The molecule has 104 valence electrons. The van der Waals surface area contributed by atoms with Crippen molar-refractivity contribution in [2.45, 2.75) is 25.9 Å². The highest BCUT2D eigenvalue weighted by Gasteiger charge is 2.24. The number of hydrogen-bond acceptors (Lipinski definition) is 3. The summed E-state index contributed by atoms with van der Waals surface area (Å²) in [5.41, 5.74) is 1.85. The highest BCUT2D eigenvalue weighted by molar-refractivity contribution is 7.20. The van der Waals surface area contributed by atoms with E-state index in [4.69, 9.17) is 34.8 Å². The van der Waals surface area contributed by atoms with Crippen LogP contribution in [0.4, 0.5) is 0 Å². The van der Waals surface area contributed by atoms with E-state index in [-0.39, 0.29) is 6.04 Å². The predicted octanol–water partition coefficient (Wildman–Crippen LogP) is 4.62. The van der Waals surface area contributed by atoms with Gasteiger partial charge in [0, 0.05) is 12.1 Å². The van der Waals surface area contributed by atoms with Crippen LogP contribution in [0.5, 0.6) is 0 Å². The van der Waals surface area contributed by atoms with Crippen molar-refractivity contribution in [3.05, 3.63) is 37.2 Å². The van der Waals surface area contributed by atoms with Gasteiger partial charge in [-0.15, -0.1) is 11.3 Å². The van der Waals surface area contributed by atoms with E-state index in [1.54, 1.807) is 6.20 Å². The van der Waals surface area contributed by atoms with E-state index in [1.165, 1.54) is 11.3 Å². The van der Waals surface area contributed by atoms with Gasteiger partial charge in [0.1, 0.15) is 0 Å². The molecule has 19 heavy (non-hydrogen) atoms. The first-order valence-corrected chi connectivity index (χ1v) is 7.86. The Morgan fingerprint density at radius 2 is 2.16 bits per heavy atom. The highest BCUT2D eigenvalue weighted by atomic mass is 35.5. The Labute approximate surface area is 131 Å². The number of rotatable bonds is 5. The second kappa shape index (κ2) is 6.46. The third-order valence-electron chi connectivity index (χ3n) is 2.82. The summed E-state index contributed by atoms with van der Waals surface area (Å²) in [5, 5.41) is 8.17. The molecule has 3 nitrogen and oxygen atoms in total.